The lowest BCUT2D eigenvalue weighted by Crippen LogP contribution is -1.97. The predicted octanol–water partition coefficient (Wildman–Crippen LogP) is 1.68. The van der Waals surface area contributed by atoms with Gasteiger partial charge in [0.1, 0.15) is 0 Å². The monoisotopic (exact) mass is 150 g/mol. The Morgan fingerprint density at radius 2 is 2.30 bits per heavy atom. The molecule has 1 aliphatic heterocycles. The number of allylic oxidation sites excluding steroid dienone is 3. The van der Waals surface area contributed by atoms with Crippen molar-refractivity contribution in [2.75, 3.05) is 0 Å². The minimum atomic E-state index is 0.177. The molecule has 0 saturated carbocycles. The van der Waals surface area contributed by atoms with Crippen molar-refractivity contribution in [2.24, 2.45) is 0 Å². The molecule has 0 fully saturated rings. The van der Waals surface area contributed by atoms with Crippen LogP contribution in [0.4, 0.5) is 0 Å². The zero-order valence-electron chi connectivity index (χ0n) is 5.28. The molecule has 0 aromatic rings. The van der Waals surface area contributed by atoms with Crippen molar-refractivity contribution < 1.29 is 4.79 Å². The zero-order chi connectivity index (χ0) is 6.97. The average molecular weight is 150 g/mol. The summed E-state index contributed by atoms with van der Waals surface area (Å²) in [7, 11) is 0. The summed E-state index contributed by atoms with van der Waals surface area (Å²) in [5, 5.41) is 0.480. The van der Waals surface area contributed by atoms with Crippen LogP contribution in [0.2, 0.25) is 0 Å². The van der Waals surface area contributed by atoms with Crippen LogP contribution in [0, 0.1) is 0 Å². The summed E-state index contributed by atoms with van der Waals surface area (Å²) in [5.74, 6) is 0. The van der Waals surface area contributed by atoms with Gasteiger partial charge in [0, 0.05) is 0 Å². The van der Waals surface area contributed by atoms with Crippen molar-refractivity contribution in [3.8, 4) is 0 Å². The van der Waals surface area contributed by atoms with Crippen molar-refractivity contribution in [2.45, 2.75) is 5.25 Å². The van der Waals surface area contributed by atoms with Crippen LogP contribution in [0.1, 0.15) is 0 Å². The number of hydrogen-bond acceptors (Lipinski definition) is 2. The fourth-order valence-corrected chi connectivity index (χ4v) is 1.98. The largest absolute Gasteiger partial charge is 0.282 e. The maximum absolute atomic E-state index is 10.8. The van der Waals surface area contributed by atoms with Crippen LogP contribution in [0.5, 0.6) is 0 Å². The standard InChI is InChI=1S/C8H6OS/c9-8-5-6-3-1-2-4-7(6)10-8/h1-5,7H. The van der Waals surface area contributed by atoms with E-state index in [0.717, 1.165) is 5.57 Å². The Morgan fingerprint density at radius 3 is 3.10 bits per heavy atom. The molecule has 1 atom stereocenters. The van der Waals surface area contributed by atoms with E-state index in [1.165, 1.54) is 11.8 Å². The Morgan fingerprint density at radius 1 is 1.40 bits per heavy atom. The van der Waals surface area contributed by atoms with Gasteiger partial charge in [-0.1, -0.05) is 36.1 Å². The highest BCUT2D eigenvalue weighted by atomic mass is 32.2. The number of carbonyl (C=O) groups excluding carboxylic acids is 1. The summed E-state index contributed by atoms with van der Waals surface area (Å²) < 4.78 is 0. The third-order valence-corrected chi connectivity index (χ3v) is 2.58. The molecule has 50 valence electrons. The first-order valence-electron chi connectivity index (χ1n) is 3.13. The van der Waals surface area contributed by atoms with Crippen LogP contribution in [0.25, 0.3) is 0 Å². The van der Waals surface area contributed by atoms with Gasteiger partial charge in [0.25, 0.3) is 0 Å². The highest BCUT2D eigenvalue weighted by Crippen LogP contribution is 2.31. The Kier molecular flexibility index (Phi) is 1.27. The highest BCUT2D eigenvalue weighted by Gasteiger charge is 2.22. The molecule has 2 heteroatoms. The number of carbonyl (C=O) groups is 1. The van der Waals surface area contributed by atoms with E-state index in [0.29, 0.717) is 5.25 Å². The zero-order valence-corrected chi connectivity index (χ0v) is 6.10. The molecule has 1 aliphatic carbocycles. The van der Waals surface area contributed by atoms with Gasteiger partial charge in [-0.15, -0.1) is 0 Å². The van der Waals surface area contributed by atoms with Crippen LogP contribution < -0.4 is 0 Å². The molecule has 1 nitrogen and oxygen atoms in total. The average Bonchev–Trinajstić information content (AvgIpc) is 2.27. The van der Waals surface area contributed by atoms with Gasteiger partial charge in [-0.25, -0.2) is 0 Å². The fraction of sp³-hybridized carbons (Fsp3) is 0.125. The van der Waals surface area contributed by atoms with Crippen molar-refractivity contribution in [3.05, 3.63) is 36.0 Å². The van der Waals surface area contributed by atoms with Crippen LogP contribution >= 0.6 is 11.8 Å². The Labute approximate surface area is 63.5 Å². The summed E-state index contributed by atoms with van der Waals surface area (Å²) in [6, 6.07) is 0. The van der Waals surface area contributed by atoms with E-state index in [1.54, 1.807) is 6.08 Å². The number of fused-ring (bicyclic) bond motifs is 1. The molecule has 2 rings (SSSR count). The minimum absolute atomic E-state index is 0.177. The molecule has 0 bridgehead atoms. The molecule has 10 heavy (non-hydrogen) atoms. The van der Waals surface area contributed by atoms with Crippen molar-refractivity contribution >= 4 is 16.9 Å². The van der Waals surface area contributed by atoms with Gasteiger partial charge in [-0.3, -0.25) is 4.79 Å². The first kappa shape index (κ1) is 5.98. The van der Waals surface area contributed by atoms with E-state index in [2.05, 4.69) is 0 Å². The molecule has 0 N–H and O–H groups in total. The highest BCUT2D eigenvalue weighted by molar-refractivity contribution is 8.15. The van der Waals surface area contributed by atoms with Crippen molar-refractivity contribution in [1.82, 2.24) is 0 Å². The second-order valence-corrected chi connectivity index (χ2v) is 3.39. The van der Waals surface area contributed by atoms with E-state index in [1.807, 2.05) is 24.3 Å². The molecular formula is C8H6OS. The molecular weight excluding hydrogens is 144 g/mol. The maximum Gasteiger partial charge on any atom is 0.213 e. The van der Waals surface area contributed by atoms with Gasteiger partial charge >= 0.3 is 0 Å². The molecule has 0 spiro atoms. The van der Waals surface area contributed by atoms with Crippen LogP contribution in [-0.2, 0) is 4.79 Å². The minimum Gasteiger partial charge on any atom is -0.282 e. The predicted molar refractivity (Wildman–Crippen MR) is 42.7 cm³/mol. The van der Waals surface area contributed by atoms with Crippen molar-refractivity contribution in [1.29, 1.82) is 0 Å². The van der Waals surface area contributed by atoms with E-state index in [4.69, 9.17) is 0 Å². The summed E-state index contributed by atoms with van der Waals surface area (Å²) in [6.45, 7) is 0. The van der Waals surface area contributed by atoms with Crippen LogP contribution in [0.3, 0.4) is 0 Å². The van der Waals surface area contributed by atoms with Crippen LogP contribution in [0.15, 0.2) is 36.0 Å². The first-order valence-corrected chi connectivity index (χ1v) is 4.01. The topological polar surface area (TPSA) is 17.1 Å². The molecule has 1 unspecified atom stereocenters. The maximum atomic E-state index is 10.8. The molecule has 0 saturated heterocycles. The number of rotatable bonds is 0. The van der Waals surface area contributed by atoms with Gasteiger partial charge in [-0.05, 0) is 11.6 Å². The second-order valence-electron chi connectivity index (χ2n) is 2.25. The quantitative estimate of drug-likeness (QED) is 0.522. The lowest BCUT2D eigenvalue weighted by molar-refractivity contribution is -0.106. The second kappa shape index (κ2) is 2.13. The summed E-state index contributed by atoms with van der Waals surface area (Å²) in [6.07, 6.45) is 9.68. The molecule has 1 heterocycles. The summed E-state index contributed by atoms with van der Waals surface area (Å²) >= 11 is 1.38. The third kappa shape index (κ3) is 0.847. The van der Waals surface area contributed by atoms with Gasteiger partial charge < -0.3 is 0 Å². The number of thioether (sulfide) groups is 1. The van der Waals surface area contributed by atoms with E-state index >= 15 is 0 Å². The van der Waals surface area contributed by atoms with Gasteiger partial charge in [0.2, 0.25) is 5.12 Å². The van der Waals surface area contributed by atoms with E-state index < -0.39 is 0 Å². The van der Waals surface area contributed by atoms with Gasteiger partial charge in [-0.2, -0.15) is 0 Å². The fourth-order valence-electron chi connectivity index (χ4n) is 1.07. The molecule has 0 amide bonds. The molecule has 0 aromatic carbocycles. The van der Waals surface area contributed by atoms with E-state index in [-0.39, 0.29) is 5.12 Å². The Balaban J connectivity index is 2.37. The lowest BCUT2D eigenvalue weighted by atomic mass is 10.1. The van der Waals surface area contributed by atoms with Gasteiger partial charge in [0.05, 0.1) is 5.25 Å². The van der Waals surface area contributed by atoms with Crippen LogP contribution in [-0.4, -0.2) is 10.4 Å². The Hall–Kier alpha value is -0.760. The van der Waals surface area contributed by atoms with E-state index in [9.17, 15) is 4.79 Å². The van der Waals surface area contributed by atoms with Gasteiger partial charge in [0.15, 0.2) is 0 Å². The Bertz CT molecular complexity index is 260. The lowest BCUT2D eigenvalue weighted by Gasteiger charge is -2.06. The number of hydrogen-bond donors (Lipinski definition) is 0. The first-order chi connectivity index (χ1) is 4.86. The SMILES string of the molecule is O=C1C=C2C=CC=CC2S1. The smallest absolute Gasteiger partial charge is 0.213 e. The summed E-state index contributed by atoms with van der Waals surface area (Å²) in [5.41, 5.74) is 1.14. The van der Waals surface area contributed by atoms with Crippen molar-refractivity contribution in [3.63, 3.8) is 0 Å². The third-order valence-electron chi connectivity index (χ3n) is 1.54. The molecule has 0 radical (unpaired) electrons. The molecule has 0 aromatic heterocycles. The molecule has 2 aliphatic rings. The summed E-state index contributed by atoms with van der Waals surface area (Å²) in [4.78, 5) is 10.8. The normalized spacial score (nSPS) is 28.6.